The first kappa shape index (κ1) is 11.0. The fraction of sp³-hybridized carbons (Fsp3) is 0.300. The van der Waals surface area contributed by atoms with Crippen LogP contribution in [0.4, 0.5) is 0 Å². The van der Waals surface area contributed by atoms with Gasteiger partial charge in [0, 0.05) is 12.1 Å². The van der Waals surface area contributed by atoms with Crippen molar-refractivity contribution >= 4 is 11.6 Å². The lowest BCUT2D eigenvalue weighted by Crippen LogP contribution is -2.16. The number of ether oxygens (including phenoxy) is 1. The molecule has 1 atom stereocenters. The van der Waals surface area contributed by atoms with Crippen LogP contribution in [-0.2, 0) is 4.74 Å². The van der Waals surface area contributed by atoms with Gasteiger partial charge in [-0.05, 0) is 23.8 Å². The van der Waals surface area contributed by atoms with Gasteiger partial charge in [-0.25, -0.2) is 0 Å². The van der Waals surface area contributed by atoms with E-state index >= 15 is 0 Å². The minimum Gasteiger partial charge on any atom is -0.383 e. The van der Waals surface area contributed by atoms with Gasteiger partial charge in [0.15, 0.2) is 0 Å². The third-order valence-electron chi connectivity index (χ3n) is 1.82. The van der Waals surface area contributed by atoms with Gasteiger partial charge in [-0.3, -0.25) is 0 Å². The molecule has 0 aliphatic carbocycles. The number of nitrogens with two attached hydrogens (primary N) is 1. The van der Waals surface area contributed by atoms with Crippen LogP contribution in [0.1, 0.15) is 17.2 Å². The molecule has 0 radical (unpaired) electrons. The predicted molar refractivity (Wildman–Crippen MR) is 55.0 cm³/mol. The number of benzene rings is 1. The van der Waals surface area contributed by atoms with E-state index in [0.29, 0.717) is 17.2 Å². The van der Waals surface area contributed by atoms with Gasteiger partial charge >= 0.3 is 0 Å². The fourth-order valence-electron chi connectivity index (χ4n) is 1.17. The van der Waals surface area contributed by atoms with Crippen LogP contribution in [0.3, 0.4) is 0 Å². The minimum atomic E-state index is -0.245. The van der Waals surface area contributed by atoms with Crippen molar-refractivity contribution < 1.29 is 4.74 Å². The van der Waals surface area contributed by atoms with Crippen LogP contribution in [0.2, 0.25) is 5.02 Å². The number of rotatable bonds is 3. The molecule has 1 unspecified atom stereocenters. The first-order valence-corrected chi connectivity index (χ1v) is 4.50. The summed E-state index contributed by atoms with van der Waals surface area (Å²) in [4.78, 5) is 0. The molecule has 0 amide bonds. The second-order valence-electron chi connectivity index (χ2n) is 2.95. The minimum absolute atomic E-state index is 0.245. The predicted octanol–water partition coefficient (Wildman–Crippen LogP) is 1.86. The largest absolute Gasteiger partial charge is 0.383 e. The molecule has 0 spiro atoms. The molecule has 2 N–H and O–H groups in total. The van der Waals surface area contributed by atoms with E-state index in [9.17, 15) is 0 Å². The summed E-state index contributed by atoms with van der Waals surface area (Å²) in [5, 5.41) is 9.24. The molecule has 0 aliphatic heterocycles. The summed E-state index contributed by atoms with van der Waals surface area (Å²) in [5.74, 6) is 0. The standard InChI is InChI=1S/C10H11ClN2O/c1-14-6-10(13)8-2-7(5-12)3-9(11)4-8/h2-4,10H,6,13H2,1H3. The van der Waals surface area contributed by atoms with Gasteiger partial charge in [-0.2, -0.15) is 5.26 Å². The smallest absolute Gasteiger partial charge is 0.0992 e. The monoisotopic (exact) mass is 210 g/mol. The second kappa shape index (κ2) is 4.97. The highest BCUT2D eigenvalue weighted by Crippen LogP contribution is 2.19. The molecule has 0 fully saturated rings. The van der Waals surface area contributed by atoms with Gasteiger partial charge in [-0.15, -0.1) is 0 Å². The van der Waals surface area contributed by atoms with E-state index in [1.54, 1.807) is 25.3 Å². The van der Waals surface area contributed by atoms with Crippen LogP contribution in [-0.4, -0.2) is 13.7 Å². The number of hydrogen-bond donors (Lipinski definition) is 1. The lowest BCUT2D eigenvalue weighted by Gasteiger charge is -2.11. The van der Waals surface area contributed by atoms with Crippen molar-refractivity contribution in [2.45, 2.75) is 6.04 Å². The first-order valence-electron chi connectivity index (χ1n) is 4.12. The fourth-order valence-corrected chi connectivity index (χ4v) is 1.41. The number of halogens is 1. The van der Waals surface area contributed by atoms with Crippen LogP contribution in [0.15, 0.2) is 18.2 Å². The van der Waals surface area contributed by atoms with Crippen LogP contribution >= 0.6 is 11.6 Å². The Bertz CT molecular complexity index is 360. The Balaban J connectivity index is 2.98. The lowest BCUT2D eigenvalue weighted by molar-refractivity contribution is 0.181. The molecule has 0 saturated heterocycles. The average Bonchev–Trinajstić information content (AvgIpc) is 2.17. The van der Waals surface area contributed by atoms with Gasteiger partial charge in [0.2, 0.25) is 0 Å². The van der Waals surface area contributed by atoms with E-state index in [2.05, 4.69) is 0 Å². The van der Waals surface area contributed by atoms with Gasteiger partial charge in [-0.1, -0.05) is 11.6 Å². The van der Waals surface area contributed by atoms with Gasteiger partial charge in [0.25, 0.3) is 0 Å². The van der Waals surface area contributed by atoms with Gasteiger partial charge < -0.3 is 10.5 Å². The normalized spacial score (nSPS) is 12.1. The highest BCUT2D eigenvalue weighted by atomic mass is 35.5. The topological polar surface area (TPSA) is 59.0 Å². The molecule has 0 aromatic heterocycles. The Kier molecular flexibility index (Phi) is 3.90. The Morgan fingerprint density at radius 3 is 2.86 bits per heavy atom. The van der Waals surface area contributed by atoms with E-state index in [1.165, 1.54) is 0 Å². The third kappa shape index (κ3) is 2.71. The van der Waals surface area contributed by atoms with E-state index in [1.807, 2.05) is 6.07 Å². The zero-order valence-corrected chi connectivity index (χ0v) is 8.58. The molecule has 1 aromatic carbocycles. The zero-order chi connectivity index (χ0) is 10.6. The summed E-state index contributed by atoms with van der Waals surface area (Å²) >= 11 is 5.83. The summed E-state index contributed by atoms with van der Waals surface area (Å²) in [7, 11) is 1.58. The van der Waals surface area contributed by atoms with Gasteiger partial charge in [0.1, 0.15) is 0 Å². The van der Waals surface area contributed by atoms with Crippen molar-refractivity contribution in [3.63, 3.8) is 0 Å². The van der Waals surface area contributed by atoms with Crippen LogP contribution in [0.5, 0.6) is 0 Å². The van der Waals surface area contributed by atoms with E-state index in [4.69, 9.17) is 27.3 Å². The maximum Gasteiger partial charge on any atom is 0.0992 e. The van der Waals surface area contributed by atoms with Crippen LogP contribution in [0, 0.1) is 11.3 Å². The van der Waals surface area contributed by atoms with Crippen molar-refractivity contribution in [1.82, 2.24) is 0 Å². The van der Waals surface area contributed by atoms with Crippen LogP contribution < -0.4 is 5.73 Å². The first-order chi connectivity index (χ1) is 6.67. The Labute approximate surface area is 88.0 Å². The molecule has 1 rings (SSSR count). The molecule has 0 saturated carbocycles. The van der Waals surface area contributed by atoms with E-state index in [0.717, 1.165) is 5.56 Å². The second-order valence-corrected chi connectivity index (χ2v) is 3.38. The Hall–Kier alpha value is -1.08. The third-order valence-corrected chi connectivity index (χ3v) is 2.04. The molecule has 4 heteroatoms. The van der Waals surface area contributed by atoms with Crippen molar-refractivity contribution in [2.24, 2.45) is 5.73 Å². The number of nitrogens with zero attached hydrogens (tertiary/aromatic N) is 1. The molecule has 14 heavy (non-hydrogen) atoms. The Morgan fingerprint density at radius 1 is 1.57 bits per heavy atom. The SMILES string of the molecule is COCC(N)c1cc(Cl)cc(C#N)c1. The number of nitriles is 1. The quantitative estimate of drug-likeness (QED) is 0.829. The molecule has 0 bridgehead atoms. The molecule has 74 valence electrons. The van der Waals surface area contributed by atoms with Crippen molar-refractivity contribution in [2.75, 3.05) is 13.7 Å². The van der Waals surface area contributed by atoms with E-state index < -0.39 is 0 Å². The number of hydrogen-bond acceptors (Lipinski definition) is 3. The van der Waals surface area contributed by atoms with Crippen molar-refractivity contribution in [1.29, 1.82) is 5.26 Å². The molecular weight excluding hydrogens is 200 g/mol. The summed E-state index contributed by atoms with van der Waals surface area (Å²) in [6.07, 6.45) is 0. The summed E-state index contributed by atoms with van der Waals surface area (Å²) in [6, 6.07) is 6.84. The molecule has 0 aliphatic rings. The summed E-state index contributed by atoms with van der Waals surface area (Å²) in [5.41, 5.74) is 7.13. The molecule has 1 aromatic rings. The zero-order valence-electron chi connectivity index (χ0n) is 7.83. The van der Waals surface area contributed by atoms with Crippen LogP contribution in [0.25, 0.3) is 0 Å². The highest BCUT2D eigenvalue weighted by molar-refractivity contribution is 6.30. The van der Waals surface area contributed by atoms with Crippen molar-refractivity contribution in [3.8, 4) is 6.07 Å². The molecular formula is C10H11ClN2O. The summed E-state index contributed by atoms with van der Waals surface area (Å²) in [6.45, 7) is 0.408. The maximum absolute atomic E-state index is 8.72. The molecule has 0 heterocycles. The van der Waals surface area contributed by atoms with E-state index in [-0.39, 0.29) is 6.04 Å². The van der Waals surface area contributed by atoms with Gasteiger partial charge in [0.05, 0.1) is 24.3 Å². The highest BCUT2D eigenvalue weighted by Gasteiger charge is 2.07. The molecule has 3 nitrogen and oxygen atoms in total. The number of methoxy groups -OCH3 is 1. The Morgan fingerprint density at radius 2 is 2.29 bits per heavy atom. The average molecular weight is 211 g/mol. The maximum atomic E-state index is 8.72. The lowest BCUT2D eigenvalue weighted by atomic mass is 10.1. The van der Waals surface area contributed by atoms with Crippen molar-refractivity contribution in [3.05, 3.63) is 34.3 Å². The summed E-state index contributed by atoms with van der Waals surface area (Å²) < 4.78 is 4.92.